The van der Waals surface area contributed by atoms with Gasteiger partial charge in [0.1, 0.15) is 11.6 Å². The number of aliphatic carboxylic acids is 1. The highest BCUT2D eigenvalue weighted by atomic mass is 16.5. The second-order valence-electron chi connectivity index (χ2n) is 5.55. The van der Waals surface area contributed by atoms with Crippen molar-refractivity contribution in [2.75, 3.05) is 25.1 Å². The van der Waals surface area contributed by atoms with Gasteiger partial charge in [0, 0.05) is 24.7 Å². The molecule has 1 aromatic carbocycles. The highest BCUT2D eigenvalue weighted by Gasteiger charge is 2.35. The van der Waals surface area contributed by atoms with Crippen LogP contribution in [0, 0.1) is 11.8 Å². The van der Waals surface area contributed by atoms with Crippen LogP contribution in [0.2, 0.25) is 0 Å². The van der Waals surface area contributed by atoms with Crippen LogP contribution in [0.4, 0.5) is 5.82 Å². The Morgan fingerprint density at radius 1 is 1.38 bits per heavy atom. The van der Waals surface area contributed by atoms with Crippen LogP contribution in [0.25, 0.3) is 10.8 Å². The Bertz CT molecular complexity index is 686. The lowest BCUT2D eigenvalue weighted by molar-refractivity contribution is -0.142. The smallest absolute Gasteiger partial charge is 0.308 e. The van der Waals surface area contributed by atoms with Crippen molar-refractivity contribution in [3.63, 3.8) is 0 Å². The third-order valence-electron chi connectivity index (χ3n) is 4.18. The van der Waals surface area contributed by atoms with Crippen LogP contribution < -0.4 is 9.64 Å². The first-order chi connectivity index (χ1) is 10.1. The molecule has 1 fully saturated rings. The maximum absolute atomic E-state index is 11.3. The summed E-state index contributed by atoms with van der Waals surface area (Å²) in [6.45, 7) is 3.19. The third-order valence-corrected chi connectivity index (χ3v) is 4.18. The van der Waals surface area contributed by atoms with E-state index >= 15 is 0 Å². The standard InChI is InChI=1S/C16H18N2O3/c1-10-8-18(9-14(10)16(19)20)15-13-7-12(21-2)4-3-11(13)5-6-17-15/h3-7,10,14H,8-9H2,1-2H3,(H,19,20)/t10-,14-/m1/s1. The van der Waals surface area contributed by atoms with Gasteiger partial charge in [-0.2, -0.15) is 0 Å². The van der Waals surface area contributed by atoms with Gasteiger partial charge in [-0.15, -0.1) is 0 Å². The molecule has 3 rings (SSSR count). The molecule has 0 aliphatic carbocycles. The van der Waals surface area contributed by atoms with E-state index in [1.165, 1.54) is 0 Å². The van der Waals surface area contributed by atoms with Gasteiger partial charge in [-0.05, 0) is 29.5 Å². The number of rotatable bonds is 3. The first kappa shape index (κ1) is 13.7. The summed E-state index contributed by atoms with van der Waals surface area (Å²) in [5.41, 5.74) is 0. The van der Waals surface area contributed by atoms with Gasteiger partial charge in [0.2, 0.25) is 0 Å². The van der Waals surface area contributed by atoms with Crippen molar-refractivity contribution >= 4 is 22.6 Å². The predicted molar refractivity (Wildman–Crippen MR) is 80.8 cm³/mol. The van der Waals surface area contributed by atoms with Crippen molar-refractivity contribution in [2.45, 2.75) is 6.92 Å². The molecule has 5 nitrogen and oxygen atoms in total. The second kappa shape index (κ2) is 5.24. The summed E-state index contributed by atoms with van der Waals surface area (Å²) in [5.74, 6) is 0.654. The van der Waals surface area contributed by atoms with Crippen molar-refractivity contribution < 1.29 is 14.6 Å². The molecule has 1 aliphatic rings. The van der Waals surface area contributed by atoms with Gasteiger partial charge in [-0.25, -0.2) is 4.98 Å². The minimum atomic E-state index is -0.734. The Kier molecular flexibility index (Phi) is 3.41. The van der Waals surface area contributed by atoms with Crippen LogP contribution in [0.15, 0.2) is 30.5 Å². The molecular weight excluding hydrogens is 268 g/mol. The van der Waals surface area contributed by atoms with Gasteiger partial charge in [-0.1, -0.05) is 13.0 Å². The highest BCUT2D eigenvalue weighted by Crippen LogP contribution is 2.33. The van der Waals surface area contributed by atoms with Crippen molar-refractivity contribution in [1.29, 1.82) is 0 Å². The molecule has 1 N–H and O–H groups in total. The van der Waals surface area contributed by atoms with E-state index in [0.717, 1.165) is 22.3 Å². The summed E-state index contributed by atoms with van der Waals surface area (Å²) in [7, 11) is 1.63. The number of methoxy groups -OCH3 is 1. The molecule has 21 heavy (non-hydrogen) atoms. The summed E-state index contributed by atoms with van der Waals surface area (Å²) in [6, 6.07) is 7.81. The van der Waals surface area contributed by atoms with E-state index < -0.39 is 5.97 Å². The molecule has 1 saturated heterocycles. The number of hydrogen-bond acceptors (Lipinski definition) is 4. The Labute approximate surface area is 123 Å². The predicted octanol–water partition coefficient (Wildman–Crippen LogP) is 2.40. The fourth-order valence-corrected chi connectivity index (χ4v) is 2.97. The summed E-state index contributed by atoms with van der Waals surface area (Å²) >= 11 is 0. The lowest BCUT2D eigenvalue weighted by Gasteiger charge is -2.19. The number of hydrogen-bond donors (Lipinski definition) is 1. The molecule has 2 heterocycles. The summed E-state index contributed by atoms with van der Waals surface area (Å²) in [4.78, 5) is 17.8. The number of anilines is 1. The molecule has 1 aromatic heterocycles. The monoisotopic (exact) mass is 286 g/mol. The number of nitrogens with zero attached hydrogens (tertiary/aromatic N) is 2. The Balaban J connectivity index is 2.03. The van der Waals surface area contributed by atoms with E-state index in [9.17, 15) is 9.90 Å². The fraction of sp³-hybridized carbons (Fsp3) is 0.375. The van der Waals surface area contributed by atoms with Crippen LogP contribution >= 0.6 is 0 Å². The molecule has 5 heteroatoms. The second-order valence-corrected chi connectivity index (χ2v) is 5.55. The van der Waals surface area contributed by atoms with E-state index in [2.05, 4.69) is 9.88 Å². The molecule has 0 bridgehead atoms. The van der Waals surface area contributed by atoms with Gasteiger partial charge < -0.3 is 14.7 Å². The molecule has 0 amide bonds. The molecule has 2 atom stereocenters. The van der Waals surface area contributed by atoms with Crippen LogP contribution in [-0.4, -0.2) is 36.3 Å². The lowest BCUT2D eigenvalue weighted by Crippen LogP contribution is -2.23. The van der Waals surface area contributed by atoms with Crippen LogP contribution in [0.5, 0.6) is 5.75 Å². The average molecular weight is 286 g/mol. The van der Waals surface area contributed by atoms with E-state index in [-0.39, 0.29) is 11.8 Å². The van der Waals surface area contributed by atoms with Gasteiger partial charge in [0.15, 0.2) is 0 Å². The van der Waals surface area contributed by atoms with Crippen molar-refractivity contribution in [3.05, 3.63) is 30.5 Å². The molecule has 0 spiro atoms. The van der Waals surface area contributed by atoms with E-state index in [0.29, 0.717) is 13.1 Å². The SMILES string of the molecule is COc1ccc2ccnc(N3C[C@@H](C)[C@H](C(=O)O)C3)c2c1. The molecule has 0 radical (unpaired) electrons. The number of carbonyl (C=O) groups is 1. The Hall–Kier alpha value is -2.30. The maximum atomic E-state index is 11.3. The van der Waals surface area contributed by atoms with Crippen LogP contribution in [0.3, 0.4) is 0 Å². The minimum absolute atomic E-state index is 0.116. The highest BCUT2D eigenvalue weighted by molar-refractivity contribution is 5.93. The topological polar surface area (TPSA) is 62.7 Å². The molecule has 1 aliphatic heterocycles. The number of pyridine rings is 1. The summed E-state index contributed by atoms with van der Waals surface area (Å²) in [5, 5.41) is 11.3. The Morgan fingerprint density at radius 2 is 2.19 bits per heavy atom. The first-order valence-corrected chi connectivity index (χ1v) is 7.00. The summed E-state index contributed by atoms with van der Waals surface area (Å²) < 4.78 is 5.28. The van der Waals surface area contributed by atoms with Gasteiger partial charge in [0.25, 0.3) is 0 Å². The number of ether oxygens (including phenoxy) is 1. The molecule has 0 unspecified atom stereocenters. The van der Waals surface area contributed by atoms with Gasteiger partial charge >= 0.3 is 5.97 Å². The van der Waals surface area contributed by atoms with Crippen molar-refractivity contribution in [2.24, 2.45) is 11.8 Å². The van der Waals surface area contributed by atoms with Crippen molar-refractivity contribution in [1.82, 2.24) is 4.98 Å². The van der Waals surface area contributed by atoms with Crippen molar-refractivity contribution in [3.8, 4) is 5.75 Å². The third kappa shape index (κ3) is 2.39. The van der Waals surface area contributed by atoms with E-state index in [1.54, 1.807) is 13.3 Å². The largest absolute Gasteiger partial charge is 0.497 e. The van der Waals surface area contributed by atoms with Crippen LogP contribution in [0.1, 0.15) is 6.92 Å². The number of benzene rings is 1. The van der Waals surface area contributed by atoms with E-state index in [1.807, 2.05) is 31.2 Å². The first-order valence-electron chi connectivity index (χ1n) is 7.00. The molecule has 2 aromatic rings. The lowest BCUT2D eigenvalue weighted by atomic mass is 9.99. The summed E-state index contributed by atoms with van der Waals surface area (Å²) in [6.07, 6.45) is 1.77. The molecule has 110 valence electrons. The van der Waals surface area contributed by atoms with E-state index in [4.69, 9.17) is 4.74 Å². The Morgan fingerprint density at radius 3 is 2.86 bits per heavy atom. The maximum Gasteiger partial charge on any atom is 0.308 e. The quantitative estimate of drug-likeness (QED) is 0.938. The van der Waals surface area contributed by atoms with Gasteiger partial charge in [0.05, 0.1) is 13.0 Å². The minimum Gasteiger partial charge on any atom is -0.497 e. The average Bonchev–Trinajstić information content (AvgIpc) is 2.88. The zero-order chi connectivity index (χ0) is 15.0. The zero-order valence-corrected chi connectivity index (χ0v) is 12.1. The van der Waals surface area contributed by atoms with Crippen LogP contribution in [-0.2, 0) is 4.79 Å². The number of aromatic nitrogens is 1. The normalized spacial score (nSPS) is 21.7. The molecule has 0 saturated carbocycles. The number of carboxylic acid groups (broad SMARTS) is 1. The number of carboxylic acids is 1. The van der Waals surface area contributed by atoms with Gasteiger partial charge in [-0.3, -0.25) is 4.79 Å². The zero-order valence-electron chi connectivity index (χ0n) is 12.1. The molecular formula is C16H18N2O3. The fourth-order valence-electron chi connectivity index (χ4n) is 2.97. The number of fused-ring (bicyclic) bond motifs is 1.